The Labute approximate surface area is 220 Å². The lowest BCUT2D eigenvalue weighted by atomic mass is 10.1. The van der Waals surface area contributed by atoms with Gasteiger partial charge in [-0.3, -0.25) is 9.59 Å². The standard InChI is InChI=1S/C27H33N9O2/c1-5-13-34-26(38)21-17-29-27(31-25(21)36(34)23-9-10-24(37)35(32-23)18(3)4)30-20-7-8-22(19(6-2)16-20)33-14-11-28-12-15-33/h5,7-10,16-18,28H,1,6,11-15H2,2-4H3,(H,29,30,31). The number of anilines is 3. The molecule has 0 radical (unpaired) electrons. The van der Waals surface area contributed by atoms with E-state index in [0.717, 1.165) is 38.3 Å². The van der Waals surface area contributed by atoms with E-state index in [-0.39, 0.29) is 23.7 Å². The Morgan fingerprint density at radius 3 is 2.66 bits per heavy atom. The lowest BCUT2D eigenvalue weighted by Crippen LogP contribution is -2.43. The van der Waals surface area contributed by atoms with E-state index in [9.17, 15) is 9.59 Å². The van der Waals surface area contributed by atoms with Gasteiger partial charge in [-0.05, 0) is 50.1 Å². The van der Waals surface area contributed by atoms with Crippen molar-refractivity contribution in [2.45, 2.75) is 39.8 Å². The predicted octanol–water partition coefficient (Wildman–Crippen LogP) is 2.62. The minimum Gasteiger partial charge on any atom is -0.369 e. The fourth-order valence-corrected chi connectivity index (χ4v) is 4.80. The Morgan fingerprint density at radius 1 is 1.16 bits per heavy atom. The van der Waals surface area contributed by atoms with Gasteiger partial charge in [0.15, 0.2) is 11.5 Å². The van der Waals surface area contributed by atoms with Crippen LogP contribution in [0.15, 0.2) is 58.8 Å². The van der Waals surface area contributed by atoms with Crippen LogP contribution >= 0.6 is 0 Å². The van der Waals surface area contributed by atoms with Gasteiger partial charge in [-0.25, -0.2) is 19.0 Å². The first-order valence-electron chi connectivity index (χ1n) is 13.0. The highest BCUT2D eigenvalue weighted by molar-refractivity contribution is 5.77. The zero-order valence-electron chi connectivity index (χ0n) is 22.0. The topological polar surface area (TPSA) is 115 Å². The third-order valence-corrected chi connectivity index (χ3v) is 6.67. The average Bonchev–Trinajstić information content (AvgIpc) is 3.20. The van der Waals surface area contributed by atoms with Crippen molar-refractivity contribution in [1.82, 2.24) is 34.4 Å². The van der Waals surface area contributed by atoms with Gasteiger partial charge in [0.05, 0.1) is 12.6 Å². The second-order valence-electron chi connectivity index (χ2n) is 9.55. The van der Waals surface area contributed by atoms with Gasteiger partial charge in [0.1, 0.15) is 5.39 Å². The van der Waals surface area contributed by atoms with E-state index < -0.39 is 0 Å². The van der Waals surface area contributed by atoms with Crippen LogP contribution in [0.3, 0.4) is 0 Å². The number of fused-ring (bicyclic) bond motifs is 1. The maximum atomic E-state index is 13.2. The van der Waals surface area contributed by atoms with Gasteiger partial charge >= 0.3 is 0 Å². The fraction of sp³-hybridized carbons (Fsp3) is 0.370. The van der Waals surface area contributed by atoms with Gasteiger partial charge in [0, 0.05) is 49.8 Å². The molecule has 4 aromatic rings. The molecule has 0 aliphatic carbocycles. The molecule has 0 amide bonds. The zero-order valence-corrected chi connectivity index (χ0v) is 22.0. The highest BCUT2D eigenvalue weighted by Crippen LogP contribution is 2.27. The van der Waals surface area contributed by atoms with Crippen LogP contribution in [0.2, 0.25) is 0 Å². The molecule has 2 N–H and O–H groups in total. The second kappa shape index (κ2) is 10.6. The fourth-order valence-electron chi connectivity index (χ4n) is 4.80. The molecule has 1 aliphatic heterocycles. The minimum atomic E-state index is -0.260. The van der Waals surface area contributed by atoms with Gasteiger partial charge in [-0.1, -0.05) is 13.0 Å². The van der Waals surface area contributed by atoms with Crippen molar-refractivity contribution in [3.8, 4) is 5.82 Å². The van der Waals surface area contributed by atoms with Crippen LogP contribution in [0.4, 0.5) is 17.3 Å². The summed E-state index contributed by atoms with van der Waals surface area (Å²) in [6.07, 6.45) is 4.06. The number of allylic oxidation sites excluding steroid dienone is 1. The van der Waals surface area contributed by atoms with Crippen LogP contribution in [0, 0.1) is 0 Å². The molecule has 1 fully saturated rings. The first kappa shape index (κ1) is 25.4. The summed E-state index contributed by atoms with van der Waals surface area (Å²) in [4.78, 5) is 37.1. The maximum Gasteiger partial charge on any atom is 0.278 e. The summed E-state index contributed by atoms with van der Waals surface area (Å²) in [6, 6.07) is 9.19. The SMILES string of the molecule is C=CCn1c(=O)c2cnc(Nc3ccc(N4CCNCC4)c(CC)c3)nc2n1-c1ccc(=O)n(C(C)C)n1. The van der Waals surface area contributed by atoms with Crippen molar-refractivity contribution in [3.63, 3.8) is 0 Å². The van der Waals surface area contributed by atoms with Crippen LogP contribution in [0.25, 0.3) is 16.9 Å². The van der Waals surface area contributed by atoms with Crippen LogP contribution in [0.5, 0.6) is 0 Å². The zero-order chi connectivity index (χ0) is 26.8. The molecule has 1 aromatic carbocycles. The summed E-state index contributed by atoms with van der Waals surface area (Å²) in [5.41, 5.74) is 3.27. The first-order chi connectivity index (χ1) is 18.4. The Hall–Kier alpha value is -4.25. The minimum absolute atomic E-state index is 0.146. The molecule has 38 heavy (non-hydrogen) atoms. The van der Waals surface area contributed by atoms with Crippen LogP contribution < -0.4 is 26.7 Å². The predicted molar refractivity (Wildman–Crippen MR) is 150 cm³/mol. The summed E-state index contributed by atoms with van der Waals surface area (Å²) in [6.45, 7) is 13.9. The molecule has 11 nitrogen and oxygen atoms in total. The summed E-state index contributed by atoms with van der Waals surface area (Å²) >= 11 is 0. The molecular weight excluding hydrogens is 482 g/mol. The summed E-state index contributed by atoms with van der Waals surface area (Å²) in [5.74, 6) is 0.765. The van der Waals surface area contributed by atoms with Crippen LogP contribution in [0.1, 0.15) is 32.4 Å². The van der Waals surface area contributed by atoms with Crippen molar-refractivity contribution < 1.29 is 0 Å². The van der Waals surface area contributed by atoms with E-state index in [2.05, 4.69) is 51.3 Å². The molecule has 1 saturated heterocycles. The number of nitrogens with one attached hydrogen (secondary N) is 2. The Bertz CT molecular complexity index is 1590. The van der Waals surface area contributed by atoms with Crippen molar-refractivity contribution in [1.29, 1.82) is 0 Å². The van der Waals surface area contributed by atoms with Gasteiger partial charge < -0.3 is 15.5 Å². The molecule has 0 saturated carbocycles. The number of benzene rings is 1. The first-order valence-corrected chi connectivity index (χ1v) is 13.0. The smallest absolute Gasteiger partial charge is 0.278 e. The normalized spacial score (nSPS) is 13.8. The third kappa shape index (κ3) is 4.72. The summed E-state index contributed by atoms with van der Waals surface area (Å²) < 4.78 is 4.50. The number of aromatic nitrogens is 6. The van der Waals surface area contributed by atoms with E-state index in [1.165, 1.54) is 32.9 Å². The van der Waals surface area contributed by atoms with E-state index >= 15 is 0 Å². The van der Waals surface area contributed by atoms with Crippen LogP contribution in [-0.4, -0.2) is 55.3 Å². The molecular formula is C27H33N9O2. The van der Waals surface area contributed by atoms with Crippen LogP contribution in [-0.2, 0) is 13.0 Å². The lowest BCUT2D eigenvalue weighted by molar-refractivity contribution is 0.486. The summed E-state index contributed by atoms with van der Waals surface area (Å²) in [5, 5.41) is 11.6. The number of rotatable bonds is 8. The van der Waals surface area contributed by atoms with Crippen molar-refractivity contribution in [3.05, 3.63) is 75.5 Å². The van der Waals surface area contributed by atoms with Crippen molar-refractivity contribution in [2.24, 2.45) is 0 Å². The number of nitrogens with zero attached hydrogens (tertiary/aromatic N) is 7. The summed E-state index contributed by atoms with van der Waals surface area (Å²) in [7, 11) is 0. The van der Waals surface area contributed by atoms with E-state index in [1.54, 1.807) is 16.8 Å². The van der Waals surface area contributed by atoms with Gasteiger partial charge in [-0.15, -0.1) is 11.7 Å². The van der Waals surface area contributed by atoms with E-state index in [4.69, 9.17) is 4.98 Å². The Morgan fingerprint density at radius 2 is 1.95 bits per heavy atom. The number of hydrogen-bond acceptors (Lipinski definition) is 8. The Kier molecular flexibility index (Phi) is 7.10. The van der Waals surface area contributed by atoms with E-state index in [0.29, 0.717) is 22.8 Å². The molecule has 0 atom stereocenters. The second-order valence-corrected chi connectivity index (χ2v) is 9.55. The van der Waals surface area contributed by atoms with Crippen molar-refractivity contribution >= 4 is 28.4 Å². The van der Waals surface area contributed by atoms with Gasteiger partial charge in [0.25, 0.3) is 11.1 Å². The highest BCUT2D eigenvalue weighted by Gasteiger charge is 2.19. The molecule has 3 aromatic heterocycles. The average molecular weight is 516 g/mol. The van der Waals surface area contributed by atoms with Gasteiger partial charge in [0.2, 0.25) is 5.95 Å². The largest absolute Gasteiger partial charge is 0.369 e. The van der Waals surface area contributed by atoms with E-state index in [1.807, 2.05) is 19.9 Å². The molecule has 5 rings (SSSR count). The monoisotopic (exact) mass is 515 g/mol. The molecule has 0 bridgehead atoms. The molecule has 0 spiro atoms. The number of aryl methyl sites for hydroxylation is 1. The lowest BCUT2D eigenvalue weighted by Gasteiger charge is -2.31. The molecule has 0 unspecified atom stereocenters. The molecule has 1 aliphatic rings. The van der Waals surface area contributed by atoms with Gasteiger partial charge in [-0.2, -0.15) is 4.98 Å². The molecule has 11 heteroatoms. The quantitative estimate of drug-likeness (QED) is 0.344. The van der Waals surface area contributed by atoms with Crippen molar-refractivity contribution in [2.75, 3.05) is 36.4 Å². The maximum absolute atomic E-state index is 13.2. The number of hydrogen-bond donors (Lipinski definition) is 2. The molecule has 4 heterocycles. The number of piperazine rings is 1. The Balaban J connectivity index is 1.57. The highest BCUT2D eigenvalue weighted by atomic mass is 16.1. The third-order valence-electron chi connectivity index (χ3n) is 6.67. The molecule has 198 valence electrons.